The summed E-state index contributed by atoms with van der Waals surface area (Å²) in [4.78, 5) is 0. The molecule has 0 saturated heterocycles. The highest BCUT2D eigenvalue weighted by Crippen LogP contribution is 2.27. The van der Waals surface area contributed by atoms with E-state index in [0.717, 1.165) is 0 Å². The van der Waals surface area contributed by atoms with E-state index in [4.69, 9.17) is 5.73 Å². The summed E-state index contributed by atoms with van der Waals surface area (Å²) in [5.74, 6) is 0. The van der Waals surface area contributed by atoms with Crippen LogP contribution in [-0.2, 0) is 6.54 Å². The van der Waals surface area contributed by atoms with Gasteiger partial charge in [-0.05, 0) is 68.2 Å². The van der Waals surface area contributed by atoms with Crippen LogP contribution in [0.4, 0.5) is 0 Å². The van der Waals surface area contributed by atoms with Crippen molar-refractivity contribution in [2.24, 2.45) is 5.73 Å². The number of benzene rings is 4. The smallest absolute Gasteiger partial charge is 0.0178 e. The predicted octanol–water partition coefficient (Wildman–Crippen LogP) is 4.60. The summed E-state index contributed by atoms with van der Waals surface area (Å²) in [6.07, 6.45) is 0. The van der Waals surface area contributed by atoms with Gasteiger partial charge in [0.25, 0.3) is 0 Å². The summed E-state index contributed by atoms with van der Waals surface area (Å²) in [6.45, 7) is 0.589. The summed E-state index contributed by atoms with van der Waals surface area (Å²) >= 11 is 0. The standard InChI is InChI=1S/C19H15N/c20-12-13-5-6-16-10-18-8-14-3-1-2-4-15(14)9-19(18)11-17(16)7-13/h1-11H,12,20H2. The zero-order chi connectivity index (χ0) is 13.5. The molecule has 1 heteroatoms. The topological polar surface area (TPSA) is 26.0 Å². The third kappa shape index (κ3) is 1.75. The van der Waals surface area contributed by atoms with Crippen LogP contribution in [0.25, 0.3) is 32.3 Å². The van der Waals surface area contributed by atoms with Gasteiger partial charge in [0.15, 0.2) is 0 Å². The Hall–Kier alpha value is -2.38. The molecule has 0 unspecified atom stereocenters. The van der Waals surface area contributed by atoms with Gasteiger partial charge in [-0.15, -0.1) is 0 Å². The zero-order valence-electron chi connectivity index (χ0n) is 11.1. The molecule has 1 nitrogen and oxygen atoms in total. The van der Waals surface area contributed by atoms with Gasteiger partial charge in [-0.3, -0.25) is 0 Å². The van der Waals surface area contributed by atoms with Gasteiger partial charge in [0.05, 0.1) is 0 Å². The first-order valence-electron chi connectivity index (χ1n) is 6.89. The predicted molar refractivity (Wildman–Crippen MR) is 86.9 cm³/mol. The fourth-order valence-corrected chi connectivity index (χ4v) is 2.87. The number of nitrogens with two attached hydrogens (primary N) is 1. The van der Waals surface area contributed by atoms with Crippen LogP contribution in [0.2, 0.25) is 0 Å². The van der Waals surface area contributed by atoms with Crippen molar-refractivity contribution in [2.75, 3.05) is 0 Å². The maximum absolute atomic E-state index is 5.73. The molecule has 20 heavy (non-hydrogen) atoms. The van der Waals surface area contributed by atoms with Crippen LogP contribution in [0.1, 0.15) is 5.56 Å². The molecule has 0 amide bonds. The third-order valence-corrected chi connectivity index (χ3v) is 3.96. The monoisotopic (exact) mass is 257 g/mol. The van der Waals surface area contributed by atoms with Gasteiger partial charge in [0.1, 0.15) is 0 Å². The molecule has 0 spiro atoms. The van der Waals surface area contributed by atoms with Crippen LogP contribution in [0.3, 0.4) is 0 Å². The molecule has 4 aromatic carbocycles. The van der Waals surface area contributed by atoms with Gasteiger partial charge < -0.3 is 5.73 Å². The Kier molecular flexibility index (Phi) is 2.48. The molecule has 0 aromatic heterocycles. The molecule has 0 aliphatic rings. The van der Waals surface area contributed by atoms with E-state index >= 15 is 0 Å². The maximum atomic E-state index is 5.73. The van der Waals surface area contributed by atoms with E-state index in [0.29, 0.717) is 6.54 Å². The molecule has 96 valence electrons. The van der Waals surface area contributed by atoms with E-state index in [9.17, 15) is 0 Å². The first-order chi connectivity index (χ1) is 9.83. The molecule has 0 radical (unpaired) electrons. The van der Waals surface area contributed by atoms with Crippen LogP contribution in [0, 0.1) is 0 Å². The van der Waals surface area contributed by atoms with Gasteiger partial charge in [-0.1, -0.05) is 36.4 Å². The molecule has 0 fully saturated rings. The lowest BCUT2D eigenvalue weighted by Gasteiger charge is -2.06. The second-order valence-electron chi connectivity index (χ2n) is 5.28. The highest BCUT2D eigenvalue weighted by Gasteiger charge is 2.01. The second-order valence-corrected chi connectivity index (χ2v) is 5.28. The lowest BCUT2D eigenvalue weighted by molar-refractivity contribution is 1.08. The highest BCUT2D eigenvalue weighted by molar-refractivity contribution is 6.04. The summed E-state index contributed by atoms with van der Waals surface area (Å²) in [5, 5.41) is 7.68. The largest absolute Gasteiger partial charge is 0.326 e. The Morgan fingerprint density at radius 3 is 1.65 bits per heavy atom. The van der Waals surface area contributed by atoms with Crippen molar-refractivity contribution in [3.05, 3.63) is 72.3 Å². The molecule has 4 rings (SSSR count). The Morgan fingerprint density at radius 2 is 1.05 bits per heavy atom. The SMILES string of the molecule is NCc1ccc2cc3cc4ccccc4cc3cc2c1. The van der Waals surface area contributed by atoms with E-state index in [-0.39, 0.29) is 0 Å². The Bertz CT molecular complexity index is 938. The van der Waals surface area contributed by atoms with E-state index in [1.165, 1.54) is 37.9 Å². The van der Waals surface area contributed by atoms with E-state index in [2.05, 4.69) is 66.7 Å². The van der Waals surface area contributed by atoms with Crippen LogP contribution in [-0.4, -0.2) is 0 Å². The lowest BCUT2D eigenvalue weighted by atomic mass is 9.99. The molecular formula is C19H15N. The maximum Gasteiger partial charge on any atom is 0.0178 e. The first-order valence-corrected chi connectivity index (χ1v) is 6.89. The Balaban J connectivity index is 2.09. The number of fused-ring (bicyclic) bond motifs is 3. The molecule has 0 aliphatic heterocycles. The molecule has 0 aliphatic carbocycles. The van der Waals surface area contributed by atoms with Crippen molar-refractivity contribution in [1.82, 2.24) is 0 Å². The number of hydrogen-bond donors (Lipinski definition) is 1. The van der Waals surface area contributed by atoms with E-state index in [1.54, 1.807) is 0 Å². The minimum Gasteiger partial charge on any atom is -0.326 e. The van der Waals surface area contributed by atoms with Gasteiger partial charge >= 0.3 is 0 Å². The fraction of sp³-hybridized carbons (Fsp3) is 0.0526. The lowest BCUT2D eigenvalue weighted by Crippen LogP contribution is -1.95. The van der Waals surface area contributed by atoms with Crippen molar-refractivity contribution in [1.29, 1.82) is 0 Å². The van der Waals surface area contributed by atoms with Gasteiger partial charge in [-0.25, -0.2) is 0 Å². The molecule has 0 saturated carbocycles. The van der Waals surface area contributed by atoms with Crippen LogP contribution >= 0.6 is 0 Å². The van der Waals surface area contributed by atoms with Crippen LogP contribution in [0.15, 0.2) is 66.7 Å². The van der Waals surface area contributed by atoms with E-state index in [1.807, 2.05) is 0 Å². The Labute approximate surface area is 117 Å². The third-order valence-electron chi connectivity index (χ3n) is 3.96. The average Bonchev–Trinajstić information content (AvgIpc) is 2.50. The second kappa shape index (κ2) is 4.32. The highest BCUT2D eigenvalue weighted by atomic mass is 14.5. The van der Waals surface area contributed by atoms with Crippen molar-refractivity contribution >= 4 is 32.3 Å². The van der Waals surface area contributed by atoms with Gasteiger partial charge in [0, 0.05) is 6.54 Å². The van der Waals surface area contributed by atoms with Crippen molar-refractivity contribution in [3.63, 3.8) is 0 Å². The minimum atomic E-state index is 0.589. The number of hydrogen-bond acceptors (Lipinski definition) is 1. The van der Waals surface area contributed by atoms with Gasteiger partial charge in [0.2, 0.25) is 0 Å². The molecule has 0 bridgehead atoms. The summed E-state index contributed by atoms with van der Waals surface area (Å²) in [6, 6.07) is 24.0. The van der Waals surface area contributed by atoms with Crippen molar-refractivity contribution in [3.8, 4) is 0 Å². The average molecular weight is 257 g/mol. The fourth-order valence-electron chi connectivity index (χ4n) is 2.87. The summed E-state index contributed by atoms with van der Waals surface area (Å²) in [5.41, 5.74) is 6.91. The molecule has 0 heterocycles. The van der Waals surface area contributed by atoms with Crippen molar-refractivity contribution < 1.29 is 0 Å². The van der Waals surface area contributed by atoms with Crippen LogP contribution < -0.4 is 5.73 Å². The molecule has 2 N–H and O–H groups in total. The zero-order valence-corrected chi connectivity index (χ0v) is 11.1. The molecule has 0 atom stereocenters. The van der Waals surface area contributed by atoms with Crippen LogP contribution in [0.5, 0.6) is 0 Å². The van der Waals surface area contributed by atoms with Gasteiger partial charge in [-0.2, -0.15) is 0 Å². The normalized spacial score (nSPS) is 11.4. The minimum absolute atomic E-state index is 0.589. The first kappa shape index (κ1) is 11.4. The summed E-state index contributed by atoms with van der Waals surface area (Å²) in [7, 11) is 0. The summed E-state index contributed by atoms with van der Waals surface area (Å²) < 4.78 is 0. The Morgan fingerprint density at radius 1 is 0.550 bits per heavy atom. The molecular weight excluding hydrogens is 242 g/mol. The van der Waals surface area contributed by atoms with E-state index < -0.39 is 0 Å². The van der Waals surface area contributed by atoms with Crippen molar-refractivity contribution in [2.45, 2.75) is 6.54 Å². The number of rotatable bonds is 1. The quantitative estimate of drug-likeness (QED) is 0.495. The molecule has 4 aromatic rings.